The van der Waals surface area contributed by atoms with E-state index in [9.17, 15) is 31.2 Å². The molecule has 1 rings (SSSR count). The summed E-state index contributed by atoms with van der Waals surface area (Å²) in [4.78, 5) is 22.0. The van der Waals surface area contributed by atoms with E-state index in [2.05, 4.69) is 4.74 Å². The SMILES string of the molecule is COC(=O)c1ccc(C(F)(F)F)cc1S(=O)(=O)N[C@H](CC(C)C)C(=O)O. The Balaban J connectivity index is 3.48. The number of hydrogen-bond donors (Lipinski definition) is 2. The topological polar surface area (TPSA) is 110 Å². The number of carboxylic acids is 1. The van der Waals surface area contributed by atoms with Crippen LogP contribution in [0.3, 0.4) is 0 Å². The van der Waals surface area contributed by atoms with Crippen LogP contribution < -0.4 is 4.72 Å². The second-order valence-corrected chi connectivity index (χ2v) is 7.52. The summed E-state index contributed by atoms with van der Waals surface area (Å²) in [6.07, 6.45) is -4.95. The van der Waals surface area contributed by atoms with Gasteiger partial charge in [0, 0.05) is 0 Å². The second-order valence-electron chi connectivity index (χ2n) is 5.84. The van der Waals surface area contributed by atoms with Crippen molar-refractivity contribution in [3.05, 3.63) is 29.3 Å². The fourth-order valence-electron chi connectivity index (χ4n) is 2.12. The number of alkyl halides is 3. The lowest BCUT2D eigenvalue weighted by Gasteiger charge is -2.18. The first kappa shape index (κ1) is 21.9. The molecule has 0 amide bonds. The Kier molecular flexibility index (Phi) is 6.77. The van der Waals surface area contributed by atoms with Crippen molar-refractivity contribution in [2.75, 3.05) is 7.11 Å². The summed E-state index contributed by atoms with van der Waals surface area (Å²) in [6.45, 7) is 3.29. The first-order valence-electron chi connectivity index (χ1n) is 7.34. The van der Waals surface area contributed by atoms with Gasteiger partial charge in [0.1, 0.15) is 6.04 Å². The Morgan fingerprint density at radius 3 is 2.27 bits per heavy atom. The molecular formula is C15H18F3NO6S. The Hall–Kier alpha value is -2.14. The van der Waals surface area contributed by atoms with Gasteiger partial charge >= 0.3 is 18.1 Å². The average Bonchev–Trinajstić information content (AvgIpc) is 2.51. The zero-order chi connectivity index (χ0) is 20.3. The van der Waals surface area contributed by atoms with Crippen molar-refractivity contribution in [3.8, 4) is 0 Å². The summed E-state index contributed by atoms with van der Waals surface area (Å²) in [6, 6.07) is -0.0988. The molecule has 0 aromatic heterocycles. The lowest BCUT2D eigenvalue weighted by Crippen LogP contribution is -2.42. The molecule has 0 aliphatic carbocycles. The van der Waals surface area contributed by atoms with Crippen LogP contribution in [0, 0.1) is 5.92 Å². The molecule has 0 spiro atoms. The number of benzene rings is 1. The van der Waals surface area contributed by atoms with Crippen LogP contribution in [0.15, 0.2) is 23.1 Å². The standard InChI is InChI=1S/C15H18F3NO6S/c1-8(2)6-11(13(20)21)19-26(23,24)12-7-9(15(16,17)18)4-5-10(12)14(22)25-3/h4-5,7-8,11,19H,6H2,1-3H3,(H,20,21)/t11-/m1/s1. The molecule has 0 saturated carbocycles. The van der Waals surface area contributed by atoms with Crippen molar-refractivity contribution in [1.82, 2.24) is 4.72 Å². The molecule has 26 heavy (non-hydrogen) atoms. The van der Waals surface area contributed by atoms with Gasteiger partial charge < -0.3 is 9.84 Å². The summed E-state index contributed by atoms with van der Waals surface area (Å²) < 4.78 is 69.9. The number of halogens is 3. The third-order valence-corrected chi connectivity index (χ3v) is 4.82. The molecule has 0 saturated heterocycles. The number of aliphatic carboxylic acids is 1. The smallest absolute Gasteiger partial charge is 0.416 e. The van der Waals surface area contributed by atoms with Crippen molar-refractivity contribution >= 4 is 22.0 Å². The van der Waals surface area contributed by atoms with Gasteiger partial charge in [-0.1, -0.05) is 13.8 Å². The molecule has 0 aliphatic heterocycles. The van der Waals surface area contributed by atoms with Gasteiger partial charge in [0.15, 0.2) is 0 Å². The molecule has 0 aliphatic rings. The summed E-state index contributed by atoms with van der Waals surface area (Å²) in [5.74, 6) is -2.87. The van der Waals surface area contributed by atoms with E-state index < -0.39 is 50.2 Å². The molecule has 0 bridgehead atoms. The van der Waals surface area contributed by atoms with E-state index in [-0.39, 0.29) is 18.4 Å². The van der Waals surface area contributed by atoms with E-state index in [1.54, 1.807) is 13.8 Å². The Bertz CT molecular complexity index is 789. The maximum Gasteiger partial charge on any atom is 0.416 e. The summed E-state index contributed by atoms with van der Waals surface area (Å²) >= 11 is 0. The highest BCUT2D eigenvalue weighted by atomic mass is 32.2. The number of methoxy groups -OCH3 is 1. The van der Waals surface area contributed by atoms with E-state index in [1.165, 1.54) is 0 Å². The van der Waals surface area contributed by atoms with Crippen LogP contribution >= 0.6 is 0 Å². The quantitative estimate of drug-likeness (QED) is 0.683. The first-order valence-corrected chi connectivity index (χ1v) is 8.82. The van der Waals surface area contributed by atoms with Crippen molar-refractivity contribution in [2.24, 2.45) is 5.92 Å². The Morgan fingerprint density at radius 1 is 1.27 bits per heavy atom. The molecular weight excluding hydrogens is 379 g/mol. The Labute approximate surface area is 148 Å². The monoisotopic (exact) mass is 397 g/mol. The van der Waals surface area contributed by atoms with E-state index in [1.807, 2.05) is 4.72 Å². The number of carbonyl (C=O) groups excluding carboxylic acids is 1. The van der Waals surface area contributed by atoms with Crippen LogP contribution in [-0.4, -0.2) is 38.6 Å². The summed E-state index contributed by atoms with van der Waals surface area (Å²) in [7, 11) is -3.82. The van der Waals surface area contributed by atoms with Gasteiger partial charge in [-0.3, -0.25) is 4.79 Å². The fourth-order valence-corrected chi connectivity index (χ4v) is 3.54. The van der Waals surface area contributed by atoms with Gasteiger partial charge in [-0.15, -0.1) is 0 Å². The highest BCUT2D eigenvalue weighted by Gasteiger charge is 2.35. The van der Waals surface area contributed by atoms with Crippen LogP contribution in [0.2, 0.25) is 0 Å². The predicted octanol–water partition coefficient (Wildman–Crippen LogP) is 2.27. The zero-order valence-electron chi connectivity index (χ0n) is 14.1. The van der Waals surface area contributed by atoms with Crippen molar-refractivity contribution in [3.63, 3.8) is 0 Å². The van der Waals surface area contributed by atoms with Crippen LogP contribution in [-0.2, 0) is 25.7 Å². The number of nitrogens with one attached hydrogen (secondary N) is 1. The van der Waals surface area contributed by atoms with Crippen molar-refractivity contribution < 1.29 is 41.0 Å². The second kappa shape index (κ2) is 8.04. The minimum absolute atomic E-state index is 0.0961. The van der Waals surface area contributed by atoms with E-state index in [4.69, 9.17) is 5.11 Å². The number of rotatable bonds is 7. The van der Waals surface area contributed by atoms with Gasteiger partial charge in [0.05, 0.1) is 23.1 Å². The molecule has 0 heterocycles. The number of carbonyl (C=O) groups is 2. The number of sulfonamides is 1. The molecule has 1 aromatic carbocycles. The lowest BCUT2D eigenvalue weighted by atomic mass is 10.1. The highest BCUT2D eigenvalue weighted by molar-refractivity contribution is 7.89. The maximum absolute atomic E-state index is 12.9. The molecule has 11 heteroatoms. The molecule has 0 radical (unpaired) electrons. The van der Waals surface area contributed by atoms with E-state index >= 15 is 0 Å². The molecule has 0 fully saturated rings. The predicted molar refractivity (Wildman–Crippen MR) is 84.0 cm³/mol. The molecule has 146 valence electrons. The Morgan fingerprint density at radius 2 is 1.85 bits per heavy atom. The number of esters is 1. The van der Waals surface area contributed by atoms with Crippen LogP contribution in [0.25, 0.3) is 0 Å². The van der Waals surface area contributed by atoms with Gasteiger partial charge in [0.2, 0.25) is 10.0 Å². The summed E-state index contributed by atoms with van der Waals surface area (Å²) in [5, 5.41) is 9.14. The number of ether oxygens (including phenoxy) is 1. The molecule has 7 nitrogen and oxygen atoms in total. The van der Waals surface area contributed by atoms with Crippen molar-refractivity contribution in [1.29, 1.82) is 0 Å². The molecule has 1 aromatic rings. The van der Waals surface area contributed by atoms with Gasteiger partial charge in [0.25, 0.3) is 0 Å². The van der Waals surface area contributed by atoms with Crippen LogP contribution in [0.1, 0.15) is 36.2 Å². The first-order chi connectivity index (χ1) is 11.8. The molecule has 1 atom stereocenters. The van der Waals surface area contributed by atoms with E-state index in [0.29, 0.717) is 12.1 Å². The third-order valence-electron chi connectivity index (χ3n) is 3.31. The maximum atomic E-state index is 12.9. The van der Waals surface area contributed by atoms with Crippen LogP contribution in [0.5, 0.6) is 0 Å². The minimum atomic E-state index is -4.86. The number of hydrogen-bond acceptors (Lipinski definition) is 5. The number of carboxylic acid groups (broad SMARTS) is 1. The van der Waals surface area contributed by atoms with Gasteiger partial charge in [-0.05, 0) is 30.5 Å². The lowest BCUT2D eigenvalue weighted by molar-refractivity contribution is -0.139. The van der Waals surface area contributed by atoms with E-state index in [0.717, 1.165) is 7.11 Å². The minimum Gasteiger partial charge on any atom is -0.480 e. The fraction of sp³-hybridized carbons (Fsp3) is 0.467. The normalized spacial score (nSPS) is 13.5. The zero-order valence-corrected chi connectivity index (χ0v) is 14.9. The van der Waals surface area contributed by atoms with Gasteiger partial charge in [-0.25, -0.2) is 13.2 Å². The van der Waals surface area contributed by atoms with Crippen LogP contribution in [0.4, 0.5) is 13.2 Å². The average molecular weight is 397 g/mol. The third kappa shape index (κ3) is 5.43. The van der Waals surface area contributed by atoms with Gasteiger partial charge in [-0.2, -0.15) is 17.9 Å². The van der Waals surface area contributed by atoms with Crippen molar-refractivity contribution in [2.45, 2.75) is 37.4 Å². The molecule has 0 unspecified atom stereocenters. The summed E-state index contributed by atoms with van der Waals surface area (Å²) in [5.41, 5.74) is -1.94. The molecule has 2 N–H and O–H groups in total. The largest absolute Gasteiger partial charge is 0.480 e. The highest BCUT2D eigenvalue weighted by Crippen LogP contribution is 2.32.